The van der Waals surface area contributed by atoms with E-state index in [0.29, 0.717) is 29.5 Å². The fourth-order valence-corrected chi connectivity index (χ4v) is 4.73. The molecule has 2 saturated carbocycles. The van der Waals surface area contributed by atoms with Crippen molar-refractivity contribution in [2.75, 3.05) is 5.75 Å². The smallest absolute Gasteiger partial charge is 0.230 e. The molecule has 1 aromatic carbocycles. The first kappa shape index (κ1) is 18.5. The van der Waals surface area contributed by atoms with E-state index in [0.717, 1.165) is 23.1 Å². The SMILES string of the molecule is C[C@@H]1[C@H](C)CCC[C@@H]1NC(=O)CSc1nnc(C2CC2)n1-c1ccccc1. The van der Waals surface area contributed by atoms with Crippen LogP contribution in [0.1, 0.15) is 57.7 Å². The molecule has 2 fully saturated rings. The molecule has 0 radical (unpaired) electrons. The number of hydrogen-bond donors (Lipinski definition) is 1. The summed E-state index contributed by atoms with van der Waals surface area (Å²) in [5.41, 5.74) is 1.07. The molecule has 0 bridgehead atoms. The highest BCUT2D eigenvalue weighted by atomic mass is 32.2. The van der Waals surface area contributed by atoms with Gasteiger partial charge in [-0.15, -0.1) is 10.2 Å². The number of benzene rings is 1. The van der Waals surface area contributed by atoms with Crippen LogP contribution in [0.2, 0.25) is 0 Å². The molecule has 2 aliphatic rings. The van der Waals surface area contributed by atoms with Crippen LogP contribution < -0.4 is 5.32 Å². The minimum atomic E-state index is 0.0986. The average Bonchev–Trinajstić information content (AvgIpc) is 3.44. The van der Waals surface area contributed by atoms with Gasteiger partial charge in [-0.3, -0.25) is 9.36 Å². The van der Waals surface area contributed by atoms with Crippen LogP contribution in [0, 0.1) is 11.8 Å². The zero-order chi connectivity index (χ0) is 18.8. The Bertz CT molecular complexity index is 787. The third-order valence-corrected chi connectivity index (χ3v) is 6.93. The zero-order valence-electron chi connectivity index (χ0n) is 16.1. The summed E-state index contributed by atoms with van der Waals surface area (Å²) >= 11 is 1.48. The number of carbonyl (C=O) groups excluding carboxylic acids is 1. The highest BCUT2D eigenvalue weighted by molar-refractivity contribution is 7.99. The van der Waals surface area contributed by atoms with Crippen molar-refractivity contribution in [3.63, 3.8) is 0 Å². The Morgan fingerprint density at radius 1 is 1.15 bits per heavy atom. The van der Waals surface area contributed by atoms with Gasteiger partial charge < -0.3 is 5.32 Å². The number of thioether (sulfide) groups is 1. The Hall–Kier alpha value is -1.82. The summed E-state index contributed by atoms with van der Waals surface area (Å²) in [6.45, 7) is 4.55. The molecule has 6 heteroatoms. The van der Waals surface area contributed by atoms with Gasteiger partial charge in [-0.05, 0) is 43.2 Å². The number of nitrogens with zero attached hydrogens (tertiary/aromatic N) is 3. The number of rotatable bonds is 6. The van der Waals surface area contributed by atoms with Crippen LogP contribution in [0.15, 0.2) is 35.5 Å². The van der Waals surface area contributed by atoms with E-state index in [4.69, 9.17) is 0 Å². The summed E-state index contributed by atoms with van der Waals surface area (Å²) in [7, 11) is 0. The van der Waals surface area contributed by atoms with Gasteiger partial charge in [0.05, 0.1) is 5.75 Å². The summed E-state index contributed by atoms with van der Waals surface area (Å²) in [5, 5.41) is 12.9. The number of amides is 1. The number of para-hydroxylation sites is 1. The summed E-state index contributed by atoms with van der Waals surface area (Å²) < 4.78 is 2.13. The molecule has 4 rings (SSSR count). The molecule has 1 N–H and O–H groups in total. The van der Waals surface area contributed by atoms with Crippen molar-refractivity contribution in [2.24, 2.45) is 11.8 Å². The van der Waals surface area contributed by atoms with Crippen molar-refractivity contribution in [1.82, 2.24) is 20.1 Å². The van der Waals surface area contributed by atoms with Crippen LogP contribution in [0.25, 0.3) is 5.69 Å². The highest BCUT2D eigenvalue weighted by Gasteiger charge is 2.31. The quantitative estimate of drug-likeness (QED) is 0.759. The van der Waals surface area contributed by atoms with Gasteiger partial charge in [0.15, 0.2) is 5.16 Å². The lowest BCUT2D eigenvalue weighted by molar-refractivity contribution is -0.120. The first-order valence-corrected chi connectivity index (χ1v) is 11.0. The van der Waals surface area contributed by atoms with E-state index in [9.17, 15) is 4.79 Å². The number of hydrogen-bond acceptors (Lipinski definition) is 4. The van der Waals surface area contributed by atoms with Gasteiger partial charge in [0.25, 0.3) is 0 Å². The molecule has 1 amide bonds. The predicted molar refractivity (Wildman–Crippen MR) is 108 cm³/mol. The maximum atomic E-state index is 12.5. The van der Waals surface area contributed by atoms with E-state index < -0.39 is 0 Å². The van der Waals surface area contributed by atoms with Gasteiger partial charge in [-0.1, -0.05) is 56.7 Å². The minimum Gasteiger partial charge on any atom is -0.352 e. The normalized spacial score (nSPS) is 25.3. The Morgan fingerprint density at radius 2 is 1.93 bits per heavy atom. The molecule has 0 saturated heterocycles. The van der Waals surface area contributed by atoms with Crippen LogP contribution in [0.4, 0.5) is 0 Å². The van der Waals surface area contributed by atoms with Crippen molar-refractivity contribution in [3.05, 3.63) is 36.2 Å². The van der Waals surface area contributed by atoms with Crippen LogP contribution in [0.3, 0.4) is 0 Å². The lowest BCUT2D eigenvalue weighted by atomic mass is 9.78. The molecular weight excluding hydrogens is 356 g/mol. The maximum Gasteiger partial charge on any atom is 0.230 e. The number of aromatic nitrogens is 3. The molecule has 5 nitrogen and oxygen atoms in total. The molecule has 0 aliphatic heterocycles. The van der Waals surface area contributed by atoms with Crippen LogP contribution >= 0.6 is 11.8 Å². The first-order valence-electron chi connectivity index (χ1n) is 10.1. The maximum absolute atomic E-state index is 12.5. The van der Waals surface area contributed by atoms with Crippen LogP contribution in [-0.2, 0) is 4.79 Å². The largest absolute Gasteiger partial charge is 0.352 e. The minimum absolute atomic E-state index is 0.0986. The Balaban J connectivity index is 1.43. The summed E-state index contributed by atoms with van der Waals surface area (Å²) in [6, 6.07) is 10.5. The summed E-state index contributed by atoms with van der Waals surface area (Å²) in [4.78, 5) is 12.5. The second-order valence-electron chi connectivity index (χ2n) is 8.02. The zero-order valence-corrected chi connectivity index (χ0v) is 16.9. The van der Waals surface area contributed by atoms with E-state index in [2.05, 4.69) is 46.1 Å². The van der Waals surface area contributed by atoms with Gasteiger partial charge in [0.2, 0.25) is 5.91 Å². The van der Waals surface area contributed by atoms with Crippen molar-refractivity contribution in [3.8, 4) is 5.69 Å². The molecule has 1 aromatic heterocycles. The summed E-state index contributed by atoms with van der Waals surface area (Å²) in [5.74, 6) is 3.24. The number of nitrogens with one attached hydrogen (secondary N) is 1. The fourth-order valence-electron chi connectivity index (χ4n) is 3.96. The van der Waals surface area contributed by atoms with Crippen LogP contribution in [0.5, 0.6) is 0 Å². The molecule has 0 unspecified atom stereocenters. The number of carbonyl (C=O) groups is 1. The van der Waals surface area contributed by atoms with Gasteiger partial charge in [0, 0.05) is 17.6 Å². The molecule has 27 heavy (non-hydrogen) atoms. The van der Waals surface area contributed by atoms with Gasteiger partial charge in [-0.2, -0.15) is 0 Å². The molecular formula is C21H28N4OS. The Labute approximate surface area is 165 Å². The van der Waals surface area contributed by atoms with Crippen molar-refractivity contribution < 1.29 is 4.79 Å². The lowest BCUT2D eigenvalue weighted by Gasteiger charge is -2.34. The Kier molecular flexibility index (Phi) is 5.53. The second-order valence-corrected chi connectivity index (χ2v) is 8.96. The summed E-state index contributed by atoms with van der Waals surface area (Å²) in [6.07, 6.45) is 5.92. The molecule has 2 aromatic rings. The van der Waals surface area contributed by atoms with E-state index in [1.54, 1.807) is 0 Å². The molecule has 0 spiro atoms. The second kappa shape index (κ2) is 8.05. The fraction of sp³-hybridized carbons (Fsp3) is 0.571. The molecule has 2 aliphatic carbocycles. The first-order chi connectivity index (χ1) is 13.1. The molecule has 1 heterocycles. The van der Waals surface area contributed by atoms with Gasteiger partial charge in [0.1, 0.15) is 5.82 Å². The molecule has 3 atom stereocenters. The average molecular weight is 385 g/mol. The van der Waals surface area contributed by atoms with E-state index in [1.807, 2.05) is 18.2 Å². The van der Waals surface area contributed by atoms with Gasteiger partial charge >= 0.3 is 0 Å². The van der Waals surface area contributed by atoms with E-state index in [1.165, 1.54) is 37.4 Å². The van der Waals surface area contributed by atoms with Crippen molar-refractivity contribution in [2.45, 2.75) is 63.1 Å². The predicted octanol–water partition coefficient (Wildman–Crippen LogP) is 4.18. The monoisotopic (exact) mass is 384 g/mol. The third-order valence-electron chi connectivity index (χ3n) is 6.00. The van der Waals surface area contributed by atoms with Crippen LogP contribution in [-0.4, -0.2) is 32.5 Å². The van der Waals surface area contributed by atoms with Crippen molar-refractivity contribution >= 4 is 17.7 Å². The van der Waals surface area contributed by atoms with Gasteiger partial charge in [-0.25, -0.2) is 0 Å². The topological polar surface area (TPSA) is 59.8 Å². The Morgan fingerprint density at radius 3 is 2.67 bits per heavy atom. The third kappa shape index (κ3) is 4.21. The standard InChI is InChI=1S/C21H28N4OS/c1-14-7-6-10-18(15(14)2)22-19(26)13-27-21-24-23-20(16-11-12-16)25(21)17-8-4-3-5-9-17/h3-5,8-9,14-16,18H,6-7,10-13H2,1-2H3,(H,22,26)/t14-,15-,18+/m1/s1. The van der Waals surface area contributed by atoms with E-state index >= 15 is 0 Å². The van der Waals surface area contributed by atoms with E-state index in [-0.39, 0.29) is 5.91 Å². The lowest BCUT2D eigenvalue weighted by Crippen LogP contribution is -2.44. The highest BCUT2D eigenvalue weighted by Crippen LogP contribution is 2.41. The molecule has 144 valence electrons. The van der Waals surface area contributed by atoms with Crippen molar-refractivity contribution in [1.29, 1.82) is 0 Å².